The number of nitrogens with one attached hydrogen (secondary N) is 1. The first kappa shape index (κ1) is 20.6. The van der Waals surface area contributed by atoms with Crippen LogP contribution in [0.3, 0.4) is 0 Å². The highest BCUT2D eigenvalue weighted by atomic mass is 35.5. The topological polar surface area (TPSA) is 103 Å². The summed E-state index contributed by atoms with van der Waals surface area (Å²) in [5.41, 5.74) is 0.566. The molecule has 2 rings (SSSR count). The first-order valence-corrected chi connectivity index (χ1v) is 8.81. The Morgan fingerprint density at radius 2 is 2.00 bits per heavy atom. The molecule has 0 saturated carbocycles. The minimum absolute atomic E-state index is 0.0359. The SMILES string of the molecule is CCc1cc(Cl)cc(C(C)(Nc2ccc(C#N)cc2)C(=O)O)c1OCCO. The summed E-state index contributed by atoms with van der Waals surface area (Å²) in [4.78, 5) is 12.2. The van der Waals surface area contributed by atoms with E-state index in [0.717, 1.165) is 5.56 Å². The van der Waals surface area contributed by atoms with E-state index >= 15 is 0 Å². The van der Waals surface area contributed by atoms with Gasteiger partial charge < -0.3 is 20.3 Å². The van der Waals surface area contributed by atoms with Crippen molar-refractivity contribution in [2.24, 2.45) is 0 Å². The molecule has 0 radical (unpaired) electrons. The minimum atomic E-state index is -1.55. The van der Waals surface area contributed by atoms with Crippen molar-refractivity contribution in [2.45, 2.75) is 25.8 Å². The lowest BCUT2D eigenvalue weighted by Gasteiger charge is -2.31. The van der Waals surface area contributed by atoms with Crippen LogP contribution in [0.4, 0.5) is 5.69 Å². The standard InChI is InChI=1S/C20H21ClN2O4/c1-3-14-10-15(21)11-17(18(14)27-9-8-24)20(2,19(25)26)23-16-6-4-13(12-22)5-7-16/h4-7,10-11,23-24H,3,8-9H2,1-2H3,(H,25,26). The maximum Gasteiger partial charge on any atom is 0.333 e. The van der Waals surface area contributed by atoms with Crippen LogP contribution in [0.2, 0.25) is 5.02 Å². The second-order valence-corrected chi connectivity index (χ2v) is 6.55. The van der Waals surface area contributed by atoms with Crippen LogP contribution in [0.5, 0.6) is 5.75 Å². The Labute approximate surface area is 163 Å². The molecule has 0 heterocycles. The molecule has 0 bridgehead atoms. The van der Waals surface area contributed by atoms with Crippen molar-refractivity contribution in [3.05, 3.63) is 58.1 Å². The first-order valence-electron chi connectivity index (χ1n) is 8.44. The molecule has 1 unspecified atom stereocenters. The van der Waals surface area contributed by atoms with E-state index in [4.69, 9.17) is 26.7 Å². The summed E-state index contributed by atoms with van der Waals surface area (Å²) in [6.45, 7) is 3.27. The quantitative estimate of drug-likeness (QED) is 0.639. The number of halogens is 1. The summed E-state index contributed by atoms with van der Waals surface area (Å²) in [6.07, 6.45) is 0.584. The van der Waals surface area contributed by atoms with Crippen molar-refractivity contribution in [1.29, 1.82) is 5.26 Å². The number of aryl methyl sites for hydroxylation is 1. The lowest BCUT2D eigenvalue weighted by Crippen LogP contribution is -2.41. The number of rotatable bonds is 8. The highest BCUT2D eigenvalue weighted by molar-refractivity contribution is 6.30. The number of carboxylic acid groups (broad SMARTS) is 1. The Kier molecular flexibility index (Phi) is 6.67. The lowest BCUT2D eigenvalue weighted by atomic mass is 9.88. The van der Waals surface area contributed by atoms with Gasteiger partial charge >= 0.3 is 5.97 Å². The average molecular weight is 389 g/mol. The molecule has 3 N–H and O–H groups in total. The fourth-order valence-electron chi connectivity index (χ4n) is 2.76. The third-order valence-electron chi connectivity index (χ3n) is 4.22. The van der Waals surface area contributed by atoms with E-state index in [1.807, 2.05) is 13.0 Å². The highest BCUT2D eigenvalue weighted by Gasteiger charge is 2.39. The fourth-order valence-corrected chi connectivity index (χ4v) is 3.00. The van der Waals surface area contributed by atoms with Crippen molar-refractivity contribution >= 4 is 23.3 Å². The molecule has 0 spiro atoms. The Morgan fingerprint density at radius 1 is 1.33 bits per heavy atom. The van der Waals surface area contributed by atoms with Gasteiger partial charge in [-0.25, -0.2) is 4.79 Å². The number of carboxylic acids is 1. The molecule has 142 valence electrons. The Balaban J connectivity index is 2.58. The molecule has 2 aromatic rings. The zero-order chi connectivity index (χ0) is 20.0. The van der Waals surface area contributed by atoms with Crippen LogP contribution >= 0.6 is 11.6 Å². The lowest BCUT2D eigenvalue weighted by molar-refractivity contribution is -0.142. The van der Waals surface area contributed by atoms with E-state index in [2.05, 4.69) is 5.32 Å². The van der Waals surface area contributed by atoms with E-state index in [-0.39, 0.29) is 13.2 Å². The number of nitrogens with zero attached hydrogens (tertiary/aromatic N) is 1. The number of anilines is 1. The van der Waals surface area contributed by atoms with E-state index in [1.165, 1.54) is 6.92 Å². The van der Waals surface area contributed by atoms with Gasteiger partial charge in [0.25, 0.3) is 0 Å². The maximum atomic E-state index is 12.2. The molecular weight excluding hydrogens is 368 g/mol. The van der Waals surface area contributed by atoms with Crippen LogP contribution in [-0.2, 0) is 16.8 Å². The number of carbonyl (C=O) groups is 1. The minimum Gasteiger partial charge on any atom is -0.491 e. The molecule has 0 saturated heterocycles. The second-order valence-electron chi connectivity index (χ2n) is 6.11. The monoisotopic (exact) mass is 388 g/mol. The summed E-state index contributed by atoms with van der Waals surface area (Å²) in [6, 6.07) is 11.8. The summed E-state index contributed by atoms with van der Waals surface area (Å²) < 4.78 is 5.68. The third kappa shape index (κ3) is 4.51. The van der Waals surface area contributed by atoms with Gasteiger partial charge in [-0.1, -0.05) is 18.5 Å². The number of aliphatic hydroxyl groups is 1. The summed E-state index contributed by atoms with van der Waals surface area (Å²) in [5, 5.41) is 31.4. The van der Waals surface area contributed by atoms with Crippen LogP contribution in [0.25, 0.3) is 0 Å². The smallest absolute Gasteiger partial charge is 0.333 e. The zero-order valence-electron chi connectivity index (χ0n) is 15.1. The predicted octanol–water partition coefficient (Wildman–Crippen LogP) is 3.56. The number of hydrogen-bond acceptors (Lipinski definition) is 5. The fraction of sp³-hybridized carbons (Fsp3) is 0.300. The van der Waals surface area contributed by atoms with Crippen LogP contribution in [0.1, 0.15) is 30.5 Å². The van der Waals surface area contributed by atoms with Gasteiger partial charge in [-0.15, -0.1) is 0 Å². The van der Waals surface area contributed by atoms with E-state index in [0.29, 0.717) is 34.0 Å². The van der Waals surface area contributed by atoms with Crippen molar-refractivity contribution in [2.75, 3.05) is 18.5 Å². The Bertz CT molecular complexity index is 862. The molecule has 0 aromatic heterocycles. The molecule has 1 atom stereocenters. The van der Waals surface area contributed by atoms with E-state index in [9.17, 15) is 9.90 Å². The summed E-state index contributed by atoms with van der Waals surface area (Å²) in [7, 11) is 0. The number of aliphatic hydroxyl groups excluding tert-OH is 1. The largest absolute Gasteiger partial charge is 0.491 e. The van der Waals surface area contributed by atoms with E-state index in [1.54, 1.807) is 36.4 Å². The van der Waals surface area contributed by atoms with Crippen molar-refractivity contribution in [3.8, 4) is 11.8 Å². The number of aliphatic carboxylic acids is 1. The molecule has 0 amide bonds. The molecule has 7 heteroatoms. The van der Waals surface area contributed by atoms with Crippen LogP contribution < -0.4 is 10.1 Å². The van der Waals surface area contributed by atoms with Gasteiger partial charge in [-0.3, -0.25) is 0 Å². The van der Waals surface area contributed by atoms with Crippen LogP contribution in [0, 0.1) is 11.3 Å². The zero-order valence-corrected chi connectivity index (χ0v) is 15.9. The molecule has 27 heavy (non-hydrogen) atoms. The van der Waals surface area contributed by atoms with E-state index < -0.39 is 11.5 Å². The molecule has 6 nitrogen and oxygen atoms in total. The molecular formula is C20H21ClN2O4. The first-order chi connectivity index (χ1) is 12.8. The average Bonchev–Trinajstić information content (AvgIpc) is 2.66. The van der Waals surface area contributed by atoms with Gasteiger partial charge in [0, 0.05) is 16.3 Å². The van der Waals surface area contributed by atoms with Gasteiger partial charge in [0.05, 0.1) is 18.2 Å². The highest BCUT2D eigenvalue weighted by Crippen LogP contribution is 2.38. The van der Waals surface area contributed by atoms with Crippen LogP contribution in [-0.4, -0.2) is 29.4 Å². The summed E-state index contributed by atoms with van der Waals surface area (Å²) >= 11 is 6.23. The predicted molar refractivity (Wildman–Crippen MR) is 103 cm³/mol. The molecule has 0 aliphatic carbocycles. The van der Waals surface area contributed by atoms with Gasteiger partial charge in [0.15, 0.2) is 5.54 Å². The van der Waals surface area contributed by atoms with Gasteiger partial charge in [-0.05, 0) is 55.3 Å². The summed E-state index contributed by atoms with van der Waals surface area (Å²) in [5.74, 6) is -0.730. The van der Waals surface area contributed by atoms with Crippen molar-refractivity contribution in [3.63, 3.8) is 0 Å². The van der Waals surface area contributed by atoms with Crippen molar-refractivity contribution in [1.82, 2.24) is 0 Å². The molecule has 2 aromatic carbocycles. The Hall–Kier alpha value is -2.75. The van der Waals surface area contributed by atoms with Crippen LogP contribution in [0.15, 0.2) is 36.4 Å². The molecule has 0 fully saturated rings. The number of benzene rings is 2. The number of hydrogen-bond donors (Lipinski definition) is 3. The molecule has 0 aliphatic heterocycles. The number of ether oxygens (including phenoxy) is 1. The normalized spacial score (nSPS) is 12.7. The van der Waals surface area contributed by atoms with Gasteiger partial charge in [0.2, 0.25) is 0 Å². The van der Waals surface area contributed by atoms with Gasteiger partial charge in [0.1, 0.15) is 12.4 Å². The maximum absolute atomic E-state index is 12.2. The number of nitriles is 1. The molecule has 0 aliphatic rings. The van der Waals surface area contributed by atoms with Crippen molar-refractivity contribution < 1.29 is 19.7 Å². The van der Waals surface area contributed by atoms with Gasteiger partial charge in [-0.2, -0.15) is 5.26 Å². The second kappa shape index (κ2) is 8.76. The third-order valence-corrected chi connectivity index (χ3v) is 4.44. The Morgan fingerprint density at radius 3 is 2.52 bits per heavy atom.